The average Bonchev–Trinajstić information content (AvgIpc) is 2.82. The lowest BCUT2D eigenvalue weighted by molar-refractivity contribution is -0.0287. The van der Waals surface area contributed by atoms with Gasteiger partial charge in [0.15, 0.2) is 0 Å². The van der Waals surface area contributed by atoms with Gasteiger partial charge in [-0.05, 0) is 52.3 Å². The number of benzene rings is 1. The Morgan fingerprint density at radius 2 is 1.84 bits per heavy atom. The highest BCUT2D eigenvalue weighted by Gasteiger charge is 2.39. The molecule has 1 amide bonds. The summed E-state index contributed by atoms with van der Waals surface area (Å²) in [6.07, 6.45) is 1.49. The summed E-state index contributed by atoms with van der Waals surface area (Å²) in [6, 6.07) is 8.71. The van der Waals surface area contributed by atoms with E-state index in [1.807, 2.05) is 46.8 Å². The lowest BCUT2D eigenvalue weighted by Gasteiger charge is -2.39. The fourth-order valence-corrected chi connectivity index (χ4v) is 4.53. The van der Waals surface area contributed by atoms with Crippen molar-refractivity contribution in [2.75, 3.05) is 31.1 Å². The molecule has 2 aromatic heterocycles. The van der Waals surface area contributed by atoms with Crippen LogP contribution in [0.1, 0.15) is 40.2 Å². The molecule has 1 fully saturated rings. The number of hydrogen-bond donors (Lipinski definition) is 0. The quantitative estimate of drug-likeness (QED) is 0.488. The van der Waals surface area contributed by atoms with E-state index < -0.39 is 16.8 Å². The molecule has 0 bridgehead atoms. The van der Waals surface area contributed by atoms with Gasteiger partial charge in [0.25, 0.3) is 0 Å². The fraction of sp³-hybridized carbons (Fsp3) is 0.481. The van der Waals surface area contributed by atoms with Crippen molar-refractivity contribution >= 4 is 22.9 Å². The van der Waals surface area contributed by atoms with Gasteiger partial charge in [0, 0.05) is 56.2 Å². The molecule has 5 rings (SSSR count). The molecule has 0 unspecified atom stereocenters. The second kappa shape index (κ2) is 9.24. The van der Waals surface area contributed by atoms with Gasteiger partial charge in [-0.3, -0.25) is 0 Å². The Morgan fingerprint density at radius 1 is 1.08 bits per heavy atom. The van der Waals surface area contributed by atoms with E-state index in [2.05, 4.69) is 14.9 Å². The zero-order chi connectivity index (χ0) is 26.4. The van der Waals surface area contributed by atoms with Crippen LogP contribution in [0.4, 0.5) is 10.6 Å². The van der Waals surface area contributed by atoms with E-state index in [4.69, 9.17) is 18.6 Å². The molecule has 2 aliphatic heterocycles. The van der Waals surface area contributed by atoms with E-state index in [1.54, 1.807) is 17.0 Å². The molecule has 10 nitrogen and oxygen atoms in total. The number of carbonyl (C=O) groups is 1. The largest absolute Gasteiger partial charge is 0.484 e. The Bertz CT molecular complexity index is 1370. The molecular formula is C27H32N4O6. The van der Waals surface area contributed by atoms with Gasteiger partial charge in [-0.2, -0.15) is 0 Å². The van der Waals surface area contributed by atoms with Crippen LogP contribution in [0, 0.1) is 0 Å². The van der Waals surface area contributed by atoms with Crippen LogP contribution in [0.5, 0.6) is 11.6 Å². The maximum Gasteiger partial charge on any atom is 0.410 e. The zero-order valence-corrected chi connectivity index (χ0v) is 21.8. The number of carbonyl (C=O) groups excluding carboxylic acids is 1. The highest BCUT2D eigenvalue weighted by atomic mass is 16.6. The van der Waals surface area contributed by atoms with Crippen LogP contribution in [-0.2, 0) is 11.2 Å². The molecule has 1 saturated heterocycles. The van der Waals surface area contributed by atoms with Gasteiger partial charge in [0.1, 0.15) is 40.8 Å². The van der Waals surface area contributed by atoms with Crippen molar-refractivity contribution in [2.45, 2.75) is 58.3 Å². The van der Waals surface area contributed by atoms with Crippen molar-refractivity contribution in [1.82, 2.24) is 14.9 Å². The Morgan fingerprint density at radius 3 is 2.57 bits per heavy atom. The normalized spacial score (nSPS) is 19.2. The molecule has 1 aromatic carbocycles. The topological polar surface area (TPSA) is 107 Å². The van der Waals surface area contributed by atoms with Gasteiger partial charge in [0.2, 0.25) is 5.88 Å². The third-order valence-corrected chi connectivity index (χ3v) is 6.50. The summed E-state index contributed by atoms with van der Waals surface area (Å²) in [6.45, 7) is 11.9. The first-order valence-corrected chi connectivity index (χ1v) is 12.4. The summed E-state index contributed by atoms with van der Waals surface area (Å²) in [5, 5.41) is 0.829. The van der Waals surface area contributed by atoms with Gasteiger partial charge < -0.3 is 28.4 Å². The first-order valence-electron chi connectivity index (χ1n) is 12.4. The summed E-state index contributed by atoms with van der Waals surface area (Å²) < 4.78 is 23.4. The van der Waals surface area contributed by atoms with Crippen molar-refractivity contribution < 1.29 is 23.4 Å². The van der Waals surface area contributed by atoms with Crippen molar-refractivity contribution in [3.8, 4) is 11.6 Å². The number of anilines is 1. The first kappa shape index (κ1) is 24.9. The first-order chi connectivity index (χ1) is 17.5. The van der Waals surface area contributed by atoms with Crippen LogP contribution in [0.3, 0.4) is 0 Å². The zero-order valence-electron chi connectivity index (χ0n) is 21.8. The van der Waals surface area contributed by atoms with Crippen LogP contribution in [-0.4, -0.2) is 64.4 Å². The minimum atomic E-state index is -0.653. The molecule has 0 N–H and O–H groups in total. The number of aromatic nitrogens is 2. The highest BCUT2D eigenvalue weighted by molar-refractivity contribution is 5.79. The van der Waals surface area contributed by atoms with E-state index in [1.165, 1.54) is 12.4 Å². The SMILES string of the molecule is CC(C)(C)OC(=O)N1CCN(c2cc(O[C@H]3Cc4cc5ccc(=O)oc5cc4OC3(C)C)ncn2)CC1. The smallest absolute Gasteiger partial charge is 0.410 e. The third kappa shape index (κ3) is 5.47. The van der Waals surface area contributed by atoms with Crippen LogP contribution in [0.2, 0.25) is 0 Å². The molecule has 0 radical (unpaired) electrons. The summed E-state index contributed by atoms with van der Waals surface area (Å²) in [5.74, 6) is 1.87. The van der Waals surface area contributed by atoms with Gasteiger partial charge in [-0.25, -0.2) is 19.6 Å². The number of nitrogens with zero attached hydrogens (tertiary/aromatic N) is 4. The number of fused-ring (bicyclic) bond motifs is 2. The van der Waals surface area contributed by atoms with Gasteiger partial charge >= 0.3 is 11.7 Å². The van der Waals surface area contributed by atoms with Crippen molar-refractivity contribution in [3.05, 3.63) is 52.6 Å². The second-order valence-electron chi connectivity index (χ2n) is 10.9. The van der Waals surface area contributed by atoms with Gasteiger partial charge in [0.05, 0.1) is 0 Å². The van der Waals surface area contributed by atoms with Gasteiger partial charge in [-0.15, -0.1) is 0 Å². The minimum Gasteiger partial charge on any atom is -0.484 e. The van der Waals surface area contributed by atoms with Crippen LogP contribution in [0.15, 0.2) is 45.9 Å². The third-order valence-electron chi connectivity index (χ3n) is 6.50. The molecular weight excluding hydrogens is 476 g/mol. The van der Waals surface area contributed by atoms with E-state index in [0.717, 1.165) is 16.8 Å². The number of rotatable bonds is 3. The Kier molecular flexibility index (Phi) is 6.21. The van der Waals surface area contributed by atoms with E-state index in [-0.39, 0.29) is 12.2 Å². The summed E-state index contributed by atoms with van der Waals surface area (Å²) in [7, 11) is 0. The molecule has 4 heterocycles. The summed E-state index contributed by atoms with van der Waals surface area (Å²) in [5.41, 5.74) is -0.103. The predicted molar refractivity (Wildman–Crippen MR) is 137 cm³/mol. The Labute approximate surface area is 215 Å². The lowest BCUT2D eigenvalue weighted by atomic mass is 9.90. The number of ether oxygens (including phenoxy) is 3. The molecule has 10 heteroatoms. The van der Waals surface area contributed by atoms with Crippen molar-refractivity contribution in [2.24, 2.45) is 0 Å². The van der Waals surface area contributed by atoms with Crippen LogP contribution < -0.4 is 20.0 Å². The molecule has 2 aliphatic rings. The fourth-order valence-electron chi connectivity index (χ4n) is 4.53. The van der Waals surface area contributed by atoms with Crippen LogP contribution >= 0.6 is 0 Å². The number of amides is 1. The standard InChI is InChI=1S/C27H32N4O6/c1-26(2,3)37-25(33)31-10-8-30(9-11-31)22-15-23(29-16-28-22)35-21-13-18-12-17-6-7-24(32)34-19(17)14-20(18)36-27(21,4)5/h6-7,12,14-16,21H,8-11,13H2,1-5H3/t21-/m0/s1. The average molecular weight is 509 g/mol. The lowest BCUT2D eigenvalue weighted by Crippen LogP contribution is -2.50. The molecule has 0 aliphatic carbocycles. The molecule has 0 spiro atoms. The van der Waals surface area contributed by atoms with E-state index in [9.17, 15) is 9.59 Å². The highest BCUT2D eigenvalue weighted by Crippen LogP contribution is 2.37. The Hall–Kier alpha value is -3.82. The minimum absolute atomic E-state index is 0.298. The van der Waals surface area contributed by atoms with Gasteiger partial charge in [-0.1, -0.05) is 0 Å². The molecule has 1 atom stereocenters. The molecule has 0 saturated carbocycles. The van der Waals surface area contributed by atoms with Crippen molar-refractivity contribution in [3.63, 3.8) is 0 Å². The molecule has 37 heavy (non-hydrogen) atoms. The molecule has 196 valence electrons. The molecule has 3 aromatic rings. The Balaban J connectivity index is 1.28. The monoisotopic (exact) mass is 508 g/mol. The maximum absolute atomic E-state index is 12.4. The number of hydrogen-bond acceptors (Lipinski definition) is 9. The summed E-state index contributed by atoms with van der Waals surface area (Å²) >= 11 is 0. The van der Waals surface area contributed by atoms with Crippen molar-refractivity contribution in [1.29, 1.82) is 0 Å². The number of piperazine rings is 1. The summed E-state index contributed by atoms with van der Waals surface area (Å²) in [4.78, 5) is 36.6. The van der Waals surface area contributed by atoms with E-state index >= 15 is 0 Å². The second-order valence-corrected chi connectivity index (χ2v) is 10.9. The predicted octanol–water partition coefficient (Wildman–Crippen LogP) is 3.80. The van der Waals surface area contributed by atoms with Crippen LogP contribution in [0.25, 0.3) is 11.0 Å². The maximum atomic E-state index is 12.4. The van der Waals surface area contributed by atoms with E-state index in [0.29, 0.717) is 49.8 Å².